The molecule has 2 aliphatic heterocycles. The van der Waals surface area contributed by atoms with Crippen LogP contribution in [0.3, 0.4) is 0 Å². The molecule has 1 N–H and O–H groups in total. The number of carbonyl (C=O) groups excluding carboxylic acids is 3. The van der Waals surface area contributed by atoms with E-state index in [0.717, 1.165) is 16.9 Å². The van der Waals surface area contributed by atoms with E-state index in [2.05, 4.69) is 5.32 Å². The van der Waals surface area contributed by atoms with Crippen molar-refractivity contribution in [2.45, 2.75) is 22.7 Å². The third-order valence-electron chi connectivity index (χ3n) is 6.65. The number of thioether (sulfide) groups is 1. The predicted molar refractivity (Wildman–Crippen MR) is 149 cm³/mol. The van der Waals surface area contributed by atoms with Gasteiger partial charge in [-0.25, -0.2) is 4.90 Å². The summed E-state index contributed by atoms with van der Waals surface area (Å²) >= 11 is 8.15. The number of imide groups is 1. The Morgan fingerprint density at radius 2 is 1.53 bits per heavy atom. The van der Waals surface area contributed by atoms with Crippen LogP contribution in [0.2, 0.25) is 5.02 Å². The molecular weight excluding hydrogens is 542 g/mol. The Balaban J connectivity index is 1.40. The molecule has 0 radical (unpaired) electrons. The second-order valence-corrected chi connectivity index (χ2v) is 11.5. The molecule has 10 heteroatoms. The van der Waals surface area contributed by atoms with Crippen LogP contribution >= 0.6 is 34.7 Å². The second kappa shape index (κ2) is 9.90. The van der Waals surface area contributed by atoms with Crippen LogP contribution in [0.25, 0.3) is 0 Å². The third-order valence-corrected chi connectivity index (χ3v) is 9.51. The van der Waals surface area contributed by atoms with E-state index in [4.69, 9.17) is 11.6 Å². The maximum Gasteiger partial charge on any atom is 0.308 e. The van der Waals surface area contributed by atoms with Crippen molar-refractivity contribution in [3.05, 3.63) is 110 Å². The molecule has 3 aromatic carbocycles. The van der Waals surface area contributed by atoms with Gasteiger partial charge in [0.2, 0.25) is 17.7 Å². The van der Waals surface area contributed by atoms with Crippen LogP contribution in [-0.2, 0) is 20.9 Å². The fourth-order valence-corrected chi connectivity index (χ4v) is 7.88. The molecule has 3 heterocycles. The van der Waals surface area contributed by atoms with Crippen LogP contribution in [0.5, 0.6) is 0 Å². The Hall–Kier alpha value is -3.66. The number of nitrogens with one attached hydrogen (secondary N) is 1. The fourth-order valence-electron chi connectivity index (χ4n) is 4.98. The van der Waals surface area contributed by atoms with Crippen molar-refractivity contribution >= 4 is 63.8 Å². The number of aromatic nitrogens is 1. The van der Waals surface area contributed by atoms with Crippen molar-refractivity contribution in [2.24, 2.45) is 5.92 Å². The Morgan fingerprint density at radius 1 is 0.868 bits per heavy atom. The zero-order valence-corrected chi connectivity index (χ0v) is 22.1. The van der Waals surface area contributed by atoms with E-state index in [0.29, 0.717) is 26.3 Å². The minimum absolute atomic E-state index is 0.219. The van der Waals surface area contributed by atoms with E-state index in [1.807, 2.05) is 36.4 Å². The number of benzene rings is 3. The smallest absolute Gasteiger partial charge is 0.308 e. The highest BCUT2D eigenvalue weighted by Gasteiger charge is 2.56. The highest BCUT2D eigenvalue weighted by Crippen LogP contribution is 2.53. The number of carbonyl (C=O) groups is 3. The van der Waals surface area contributed by atoms with Crippen molar-refractivity contribution in [1.29, 1.82) is 0 Å². The molecule has 3 amide bonds. The lowest BCUT2D eigenvalue weighted by molar-refractivity contribution is -0.122. The number of amides is 3. The molecule has 1 aromatic heterocycles. The summed E-state index contributed by atoms with van der Waals surface area (Å²) in [6.45, 7) is -0.219. The molecule has 1 saturated heterocycles. The zero-order chi connectivity index (χ0) is 26.4. The average molecular weight is 562 g/mol. The number of rotatable bonds is 5. The highest BCUT2D eigenvalue weighted by molar-refractivity contribution is 8.00. The molecule has 38 heavy (non-hydrogen) atoms. The number of para-hydroxylation sites is 1. The molecule has 0 aliphatic carbocycles. The normalized spacial score (nSPS) is 20.2. The van der Waals surface area contributed by atoms with Crippen LogP contribution < -0.4 is 15.1 Å². The lowest BCUT2D eigenvalue weighted by Gasteiger charge is -2.30. The van der Waals surface area contributed by atoms with Gasteiger partial charge in [-0.3, -0.25) is 23.7 Å². The van der Waals surface area contributed by atoms with Crippen molar-refractivity contribution < 1.29 is 14.4 Å². The lowest BCUT2D eigenvalue weighted by Crippen LogP contribution is -2.33. The van der Waals surface area contributed by atoms with E-state index in [-0.39, 0.29) is 29.1 Å². The van der Waals surface area contributed by atoms with Gasteiger partial charge in [-0.15, -0.1) is 0 Å². The first kappa shape index (κ1) is 24.7. The summed E-state index contributed by atoms with van der Waals surface area (Å²) in [5.41, 5.74) is 1.92. The molecule has 0 bridgehead atoms. The summed E-state index contributed by atoms with van der Waals surface area (Å²) in [5.74, 6) is -2.14. The summed E-state index contributed by atoms with van der Waals surface area (Å²) in [4.78, 5) is 55.1. The second-order valence-electron chi connectivity index (χ2n) is 8.98. The maximum absolute atomic E-state index is 13.8. The van der Waals surface area contributed by atoms with Crippen LogP contribution in [0.1, 0.15) is 16.4 Å². The first-order valence-electron chi connectivity index (χ1n) is 11.9. The van der Waals surface area contributed by atoms with E-state index < -0.39 is 17.1 Å². The fraction of sp³-hybridized carbons (Fsp3) is 0.143. The molecule has 0 unspecified atom stereocenters. The SMILES string of the molecule is O=C(Cn1c2c(sc1=O)[C@@H](c1ccccc1)[C@@H]1C(=O)N(c3ccccc3)C(=O)[C@@H]1S2)Nc1ccc(Cl)cc1. The molecule has 3 atom stereocenters. The van der Waals surface area contributed by atoms with Gasteiger partial charge in [0.05, 0.1) is 16.6 Å². The highest BCUT2D eigenvalue weighted by atomic mass is 35.5. The number of nitrogens with zero attached hydrogens (tertiary/aromatic N) is 2. The van der Waals surface area contributed by atoms with Gasteiger partial charge in [-0.05, 0) is 42.0 Å². The summed E-state index contributed by atoms with van der Waals surface area (Å²) in [6.07, 6.45) is 0. The Morgan fingerprint density at radius 3 is 2.21 bits per heavy atom. The van der Waals surface area contributed by atoms with Crippen molar-refractivity contribution in [3.8, 4) is 0 Å². The van der Waals surface area contributed by atoms with E-state index in [1.165, 1.54) is 21.2 Å². The summed E-state index contributed by atoms with van der Waals surface area (Å²) in [5, 5.41) is 3.16. The summed E-state index contributed by atoms with van der Waals surface area (Å²) in [6, 6.07) is 25.0. The molecular formula is C28H20ClN3O4S2. The Bertz CT molecular complexity index is 1600. The minimum atomic E-state index is -0.722. The topological polar surface area (TPSA) is 88.5 Å². The summed E-state index contributed by atoms with van der Waals surface area (Å²) < 4.78 is 1.41. The number of hydrogen-bond donors (Lipinski definition) is 1. The monoisotopic (exact) mass is 561 g/mol. The van der Waals surface area contributed by atoms with Crippen molar-refractivity contribution in [3.63, 3.8) is 0 Å². The van der Waals surface area contributed by atoms with Gasteiger partial charge in [-0.1, -0.05) is 83.2 Å². The number of fused-ring (bicyclic) bond motifs is 2. The zero-order valence-electron chi connectivity index (χ0n) is 19.7. The van der Waals surface area contributed by atoms with Crippen molar-refractivity contribution in [2.75, 3.05) is 10.2 Å². The maximum atomic E-state index is 13.8. The number of hydrogen-bond acceptors (Lipinski definition) is 6. The standard InChI is InChI=1S/C28H20ClN3O4S2/c29-17-11-13-18(14-12-17)30-20(33)15-31-27-24(38-28(31)36)21(16-7-3-1-4-8-16)22-23(37-27)26(35)32(25(22)34)19-9-5-2-6-10-19/h1-14,21-23H,15H2,(H,30,33)/t21-,22-,23+/m0/s1. The van der Waals surface area contributed by atoms with Crippen LogP contribution in [0.4, 0.5) is 11.4 Å². The lowest BCUT2D eigenvalue weighted by atomic mass is 9.83. The van der Waals surface area contributed by atoms with Gasteiger partial charge in [0, 0.05) is 21.5 Å². The number of thiazole rings is 1. The van der Waals surface area contributed by atoms with Gasteiger partial charge in [0.15, 0.2) is 0 Å². The number of halogens is 1. The van der Waals surface area contributed by atoms with Gasteiger partial charge in [-0.2, -0.15) is 0 Å². The average Bonchev–Trinajstić information content (AvgIpc) is 3.37. The van der Waals surface area contributed by atoms with Gasteiger partial charge in [0.1, 0.15) is 11.8 Å². The molecule has 4 aromatic rings. The summed E-state index contributed by atoms with van der Waals surface area (Å²) in [7, 11) is 0. The quantitative estimate of drug-likeness (QED) is 0.347. The van der Waals surface area contributed by atoms with Gasteiger partial charge >= 0.3 is 4.87 Å². The molecule has 2 aliphatic rings. The van der Waals surface area contributed by atoms with Crippen LogP contribution in [0, 0.1) is 5.92 Å². The van der Waals surface area contributed by atoms with Crippen LogP contribution in [0.15, 0.2) is 94.7 Å². The Labute approximate surface area is 231 Å². The van der Waals surface area contributed by atoms with E-state index >= 15 is 0 Å². The van der Waals surface area contributed by atoms with Crippen LogP contribution in [-0.4, -0.2) is 27.5 Å². The molecule has 1 fully saturated rings. The molecule has 0 spiro atoms. The van der Waals surface area contributed by atoms with E-state index in [1.54, 1.807) is 48.5 Å². The third kappa shape index (κ3) is 4.26. The molecule has 0 saturated carbocycles. The molecule has 6 rings (SSSR count). The minimum Gasteiger partial charge on any atom is -0.325 e. The molecule has 190 valence electrons. The predicted octanol–water partition coefficient (Wildman–Crippen LogP) is 5.00. The largest absolute Gasteiger partial charge is 0.325 e. The first-order valence-corrected chi connectivity index (χ1v) is 13.9. The molecule has 7 nitrogen and oxygen atoms in total. The number of anilines is 2. The van der Waals surface area contributed by atoms with Gasteiger partial charge in [0.25, 0.3) is 0 Å². The Kier molecular flexibility index (Phi) is 6.43. The van der Waals surface area contributed by atoms with E-state index in [9.17, 15) is 19.2 Å². The first-order chi connectivity index (χ1) is 18.4. The van der Waals surface area contributed by atoms with Crippen molar-refractivity contribution in [1.82, 2.24) is 4.57 Å². The van der Waals surface area contributed by atoms with Gasteiger partial charge < -0.3 is 5.32 Å².